The van der Waals surface area contributed by atoms with Gasteiger partial charge in [-0.15, -0.1) is 12.4 Å². The molecule has 0 unspecified atom stereocenters. The maximum atomic E-state index is 11.5. The second-order valence-electron chi connectivity index (χ2n) is 3.59. The Morgan fingerprint density at radius 2 is 2.05 bits per heavy atom. The first kappa shape index (κ1) is 14.8. The molecule has 1 aliphatic heterocycles. The van der Waals surface area contributed by atoms with E-state index in [9.17, 15) is 4.79 Å². The Bertz CT molecular complexity index is 555. The number of halogens is 1. The van der Waals surface area contributed by atoms with Crippen LogP contribution in [0.1, 0.15) is 5.56 Å². The molecule has 1 heterocycles. The van der Waals surface area contributed by atoms with Crippen LogP contribution in [0.2, 0.25) is 0 Å². The molecule has 0 spiro atoms. The van der Waals surface area contributed by atoms with E-state index in [1.807, 2.05) is 0 Å². The molecule has 0 aliphatic carbocycles. The molecule has 1 aromatic rings. The molecule has 1 amide bonds. The highest BCUT2D eigenvalue weighted by Crippen LogP contribution is 2.26. The molecule has 0 atom stereocenters. The molecule has 2 rings (SSSR count). The van der Waals surface area contributed by atoms with E-state index < -0.39 is 0 Å². The lowest BCUT2D eigenvalue weighted by molar-refractivity contribution is -0.115. The third-order valence-electron chi connectivity index (χ3n) is 2.44. The summed E-state index contributed by atoms with van der Waals surface area (Å²) in [5.41, 5.74) is 6.35. The van der Waals surface area contributed by atoms with Crippen LogP contribution in [0.25, 0.3) is 6.08 Å². The van der Waals surface area contributed by atoms with Crippen LogP contribution in [0.4, 0.5) is 0 Å². The molecule has 0 aromatic heterocycles. The van der Waals surface area contributed by atoms with Gasteiger partial charge in [0.25, 0.3) is 5.91 Å². The Morgan fingerprint density at radius 1 is 1.32 bits per heavy atom. The standard InChI is InChI=1S/C12H13N3O3.ClH/c1-17-8-3-4-10(18-2)7(5-8)6-9-11(16)15-12(13)14-9;/h3-6H,1-2H3,(H3,13,14,15,16);1H/b9-6-;. The number of aliphatic imine (C=N–C) groups is 1. The summed E-state index contributed by atoms with van der Waals surface area (Å²) >= 11 is 0. The number of amides is 1. The molecule has 0 saturated heterocycles. The maximum absolute atomic E-state index is 11.5. The summed E-state index contributed by atoms with van der Waals surface area (Å²) in [4.78, 5) is 15.4. The van der Waals surface area contributed by atoms with Crippen molar-refractivity contribution in [2.45, 2.75) is 0 Å². The van der Waals surface area contributed by atoms with Crippen molar-refractivity contribution in [3.8, 4) is 11.5 Å². The van der Waals surface area contributed by atoms with Crippen molar-refractivity contribution in [2.24, 2.45) is 10.7 Å². The number of ether oxygens (including phenoxy) is 2. The van der Waals surface area contributed by atoms with Crippen LogP contribution < -0.4 is 20.5 Å². The van der Waals surface area contributed by atoms with Gasteiger partial charge in [0, 0.05) is 5.56 Å². The Kier molecular flexibility index (Phi) is 4.77. The quantitative estimate of drug-likeness (QED) is 0.808. The Morgan fingerprint density at radius 3 is 2.58 bits per heavy atom. The first-order valence-corrected chi connectivity index (χ1v) is 5.23. The van der Waals surface area contributed by atoms with Gasteiger partial charge in [0.1, 0.15) is 17.2 Å². The van der Waals surface area contributed by atoms with Gasteiger partial charge in [-0.25, -0.2) is 4.99 Å². The third-order valence-corrected chi connectivity index (χ3v) is 2.44. The Labute approximate surface area is 116 Å². The summed E-state index contributed by atoms with van der Waals surface area (Å²) in [6.45, 7) is 0. The average molecular weight is 284 g/mol. The van der Waals surface area contributed by atoms with Crippen molar-refractivity contribution >= 4 is 30.3 Å². The minimum Gasteiger partial charge on any atom is -0.497 e. The van der Waals surface area contributed by atoms with Crippen molar-refractivity contribution in [1.29, 1.82) is 0 Å². The highest BCUT2D eigenvalue weighted by molar-refractivity contribution is 6.13. The van der Waals surface area contributed by atoms with E-state index in [0.29, 0.717) is 17.1 Å². The van der Waals surface area contributed by atoms with Gasteiger partial charge >= 0.3 is 0 Å². The van der Waals surface area contributed by atoms with Gasteiger partial charge in [0.15, 0.2) is 0 Å². The SMILES string of the molecule is COc1ccc(OC)c(/C=C2\N=C(N)NC2=O)c1.Cl. The van der Waals surface area contributed by atoms with Crippen LogP contribution in [-0.2, 0) is 4.79 Å². The minimum atomic E-state index is -0.336. The van der Waals surface area contributed by atoms with Crippen LogP contribution in [0.15, 0.2) is 28.9 Å². The predicted octanol–water partition coefficient (Wildman–Crippen LogP) is 0.911. The number of carbonyl (C=O) groups is 1. The second-order valence-corrected chi connectivity index (χ2v) is 3.59. The van der Waals surface area contributed by atoms with E-state index in [1.165, 1.54) is 0 Å². The van der Waals surface area contributed by atoms with Crippen LogP contribution in [0, 0.1) is 0 Å². The first-order chi connectivity index (χ1) is 8.63. The summed E-state index contributed by atoms with van der Waals surface area (Å²) in [5.74, 6) is 1.04. The largest absolute Gasteiger partial charge is 0.497 e. The predicted molar refractivity (Wildman–Crippen MR) is 74.5 cm³/mol. The van der Waals surface area contributed by atoms with Crippen LogP contribution in [0.5, 0.6) is 11.5 Å². The van der Waals surface area contributed by atoms with E-state index in [-0.39, 0.29) is 30.0 Å². The maximum Gasteiger partial charge on any atom is 0.276 e. The van der Waals surface area contributed by atoms with Gasteiger partial charge in [-0.2, -0.15) is 0 Å². The number of carbonyl (C=O) groups excluding carboxylic acids is 1. The van der Waals surface area contributed by atoms with Gasteiger partial charge in [0.05, 0.1) is 14.2 Å². The summed E-state index contributed by atoms with van der Waals surface area (Å²) in [6, 6.07) is 5.28. The number of nitrogens with zero attached hydrogens (tertiary/aromatic N) is 1. The van der Waals surface area contributed by atoms with Crippen LogP contribution >= 0.6 is 12.4 Å². The lowest BCUT2D eigenvalue weighted by Crippen LogP contribution is -2.30. The summed E-state index contributed by atoms with van der Waals surface area (Å²) in [6.07, 6.45) is 1.59. The van der Waals surface area contributed by atoms with Crippen LogP contribution in [0.3, 0.4) is 0 Å². The van der Waals surface area contributed by atoms with Crippen molar-refractivity contribution in [3.63, 3.8) is 0 Å². The summed E-state index contributed by atoms with van der Waals surface area (Å²) < 4.78 is 10.3. The Hall–Kier alpha value is -2.21. The van der Waals surface area contributed by atoms with E-state index in [1.54, 1.807) is 38.5 Å². The normalized spacial score (nSPS) is 15.6. The van der Waals surface area contributed by atoms with Crippen LogP contribution in [-0.4, -0.2) is 26.1 Å². The number of guanidine groups is 1. The molecular formula is C12H14ClN3O3. The summed E-state index contributed by atoms with van der Waals surface area (Å²) in [5, 5.41) is 2.40. The molecule has 0 fully saturated rings. The van der Waals surface area contributed by atoms with Gasteiger partial charge in [-0.05, 0) is 24.3 Å². The van der Waals surface area contributed by atoms with E-state index in [2.05, 4.69) is 10.3 Å². The zero-order valence-electron chi connectivity index (χ0n) is 10.5. The topological polar surface area (TPSA) is 85.9 Å². The zero-order chi connectivity index (χ0) is 13.1. The molecule has 19 heavy (non-hydrogen) atoms. The third kappa shape index (κ3) is 3.17. The van der Waals surface area contributed by atoms with Crippen molar-refractivity contribution in [2.75, 3.05) is 14.2 Å². The minimum absolute atomic E-state index is 0. The first-order valence-electron chi connectivity index (χ1n) is 5.23. The fourth-order valence-electron chi connectivity index (χ4n) is 1.59. The number of nitrogens with one attached hydrogen (secondary N) is 1. The monoisotopic (exact) mass is 283 g/mol. The number of benzene rings is 1. The molecule has 1 aromatic carbocycles. The lowest BCUT2D eigenvalue weighted by Gasteiger charge is -2.07. The van der Waals surface area contributed by atoms with Crippen molar-refractivity contribution < 1.29 is 14.3 Å². The molecule has 3 N–H and O–H groups in total. The zero-order valence-corrected chi connectivity index (χ0v) is 11.3. The van der Waals surface area contributed by atoms with Gasteiger partial charge in [-0.1, -0.05) is 0 Å². The highest BCUT2D eigenvalue weighted by atomic mass is 35.5. The molecule has 6 nitrogen and oxygen atoms in total. The van der Waals surface area contributed by atoms with Gasteiger partial charge in [-0.3, -0.25) is 10.1 Å². The molecule has 0 saturated carbocycles. The molecular weight excluding hydrogens is 270 g/mol. The van der Waals surface area contributed by atoms with E-state index in [4.69, 9.17) is 15.2 Å². The molecule has 1 aliphatic rings. The highest BCUT2D eigenvalue weighted by Gasteiger charge is 2.18. The lowest BCUT2D eigenvalue weighted by atomic mass is 10.1. The average Bonchev–Trinajstić information content (AvgIpc) is 2.67. The molecule has 102 valence electrons. The van der Waals surface area contributed by atoms with Gasteiger partial charge < -0.3 is 15.2 Å². The van der Waals surface area contributed by atoms with Crippen molar-refractivity contribution in [3.05, 3.63) is 29.5 Å². The van der Waals surface area contributed by atoms with E-state index >= 15 is 0 Å². The van der Waals surface area contributed by atoms with Crippen molar-refractivity contribution in [1.82, 2.24) is 5.32 Å². The molecule has 0 radical (unpaired) electrons. The fourth-order valence-corrected chi connectivity index (χ4v) is 1.59. The smallest absolute Gasteiger partial charge is 0.276 e. The fraction of sp³-hybridized carbons (Fsp3) is 0.167. The Balaban J connectivity index is 0.00000180. The second kappa shape index (κ2) is 6.10. The number of hydrogen-bond donors (Lipinski definition) is 2. The van der Waals surface area contributed by atoms with Gasteiger partial charge in [0.2, 0.25) is 5.96 Å². The number of hydrogen-bond acceptors (Lipinski definition) is 5. The number of methoxy groups -OCH3 is 2. The molecule has 0 bridgehead atoms. The number of nitrogens with two attached hydrogens (primary N) is 1. The van der Waals surface area contributed by atoms with E-state index in [0.717, 1.165) is 0 Å². The summed E-state index contributed by atoms with van der Waals surface area (Å²) in [7, 11) is 3.12. The molecule has 7 heteroatoms. The number of rotatable bonds is 3.